The number of aliphatic hydroxyl groups excluding tert-OH is 1. The summed E-state index contributed by atoms with van der Waals surface area (Å²) in [5.41, 5.74) is 6.66. The van der Waals surface area contributed by atoms with Crippen LogP contribution in [0, 0.1) is 23.2 Å². The number of primary amides is 1. The second-order valence-electron chi connectivity index (χ2n) is 9.89. The standard InChI is InChI=1S/C24H28F3N5O3/c1-22(2,21(34)24(25,26)27)16-4-6-17(7-5-16)30-20-18(19(29)33)13-32(31-20)12-14-8-9-23(3,35)10-15(14)11-28/h4-7,12-15,21,34-35H,8-10H2,1-3H3,(H2-,29,30,31,33)/p+1. The molecule has 0 aromatic heterocycles. The number of nitriles is 1. The molecule has 4 atom stereocenters. The maximum Gasteiger partial charge on any atom is 0.415 e. The number of nitrogens with zero attached hydrogens (tertiary/aromatic N) is 3. The fourth-order valence-corrected chi connectivity index (χ4v) is 4.35. The second-order valence-corrected chi connectivity index (χ2v) is 9.89. The Labute approximate surface area is 201 Å². The van der Waals surface area contributed by atoms with Gasteiger partial charge in [0.05, 0.1) is 29.2 Å². The van der Waals surface area contributed by atoms with Crippen molar-refractivity contribution in [3.63, 3.8) is 0 Å². The molecule has 0 radical (unpaired) electrons. The number of hydrazine groups is 1. The quantitative estimate of drug-likeness (QED) is 0.469. The van der Waals surface area contributed by atoms with Crippen molar-refractivity contribution in [1.29, 1.82) is 5.26 Å². The summed E-state index contributed by atoms with van der Waals surface area (Å²) >= 11 is 0. The number of aliphatic imine (C=N–C) groups is 1. The number of rotatable bonds is 5. The molecule has 1 amide bonds. The summed E-state index contributed by atoms with van der Waals surface area (Å²) in [6.45, 7) is 4.30. The van der Waals surface area contributed by atoms with E-state index in [1.165, 1.54) is 49.0 Å². The minimum Gasteiger partial charge on any atom is -0.390 e. The fourth-order valence-electron chi connectivity index (χ4n) is 4.35. The van der Waals surface area contributed by atoms with Crippen LogP contribution in [0.1, 0.15) is 45.6 Å². The molecule has 4 unspecified atom stereocenters. The van der Waals surface area contributed by atoms with E-state index in [0.29, 0.717) is 24.9 Å². The number of aliphatic hydroxyl groups is 2. The van der Waals surface area contributed by atoms with Gasteiger partial charge in [0.1, 0.15) is 0 Å². The Hall–Kier alpha value is -3.23. The molecule has 2 aliphatic rings. The predicted octanol–water partition coefficient (Wildman–Crippen LogP) is 2.58. The lowest BCUT2D eigenvalue weighted by molar-refractivity contribution is -0.494. The summed E-state index contributed by atoms with van der Waals surface area (Å²) in [7, 11) is 0. The van der Waals surface area contributed by atoms with E-state index in [9.17, 15) is 33.4 Å². The lowest BCUT2D eigenvalue weighted by Crippen LogP contribution is -2.44. The van der Waals surface area contributed by atoms with Crippen molar-refractivity contribution in [2.45, 2.75) is 63.3 Å². The highest BCUT2D eigenvalue weighted by Gasteiger charge is 2.48. The van der Waals surface area contributed by atoms with Crippen molar-refractivity contribution in [1.82, 2.24) is 5.43 Å². The zero-order chi connectivity index (χ0) is 26.2. The molecule has 0 bridgehead atoms. The molecule has 188 valence electrons. The van der Waals surface area contributed by atoms with Crippen LogP contribution in [0.15, 0.2) is 41.0 Å². The summed E-state index contributed by atoms with van der Waals surface area (Å²) in [5, 5.41) is 29.5. The van der Waals surface area contributed by atoms with E-state index in [2.05, 4.69) is 16.5 Å². The van der Waals surface area contributed by atoms with E-state index in [-0.39, 0.29) is 22.9 Å². The molecule has 11 heteroatoms. The van der Waals surface area contributed by atoms with Crippen molar-refractivity contribution < 1.29 is 32.9 Å². The largest absolute Gasteiger partial charge is 0.415 e. The van der Waals surface area contributed by atoms with Crippen molar-refractivity contribution in [3.05, 3.63) is 41.6 Å². The third-order valence-corrected chi connectivity index (χ3v) is 6.58. The van der Waals surface area contributed by atoms with Crippen LogP contribution in [0.2, 0.25) is 0 Å². The second kappa shape index (κ2) is 9.43. The first-order valence-electron chi connectivity index (χ1n) is 11.1. The molecule has 3 rings (SSSR count). The highest BCUT2D eigenvalue weighted by atomic mass is 19.4. The van der Waals surface area contributed by atoms with Crippen molar-refractivity contribution in [3.8, 4) is 6.07 Å². The summed E-state index contributed by atoms with van der Waals surface area (Å²) in [6, 6.07) is 8.06. The molecular formula is C24H29F3N5O3+. The average Bonchev–Trinajstić information content (AvgIpc) is 3.16. The van der Waals surface area contributed by atoms with E-state index in [1.807, 2.05) is 0 Å². The molecule has 1 aromatic rings. The van der Waals surface area contributed by atoms with Crippen molar-refractivity contribution in [2.24, 2.45) is 22.6 Å². The number of nitrogens with two attached hydrogens (primary N) is 1. The van der Waals surface area contributed by atoms with Gasteiger partial charge in [-0.3, -0.25) is 4.79 Å². The number of amidine groups is 1. The molecule has 5 N–H and O–H groups in total. The van der Waals surface area contributed by atoms with Gasteiger partial charge in [-0.1, -0.05) is 30.7 Å². The summed E-state index contributed by atoms with van der Waals surface area (Å²) in [5.74, 6) is -1.16. The minimum atomic E-state index is -4.77. The van der Waals surface area contributed by atoms with Crippen molar-refractivity contribution in [2.75, 3.05) is 0 Å². The molecule has 0 spiro atoms. The predicted molar refractivity (Wildman–Crippen MR) is 122 cm³/mol. The van der Waals surface area contributed by atoms with E-state index in [4.69, 9.17) is 5.73 Å². The van der Waals surface area contributed by atoms with Gasteiger partial charge in [-0.25, -0.2) is 4.99 Å². The molecule has 8 nitrogen and oxygen atoms in total. The van der Waals surface area contributed by atoms with Crippen LogP contribution in [-0.4, -0.2) is 50.7 Å². The summed E-state index contributed by atoms with van der Waals surface area (Å²) in [6.07, 6.45) is -2.67. The lowest BCUT2D eigenvalue weighted by Gasteiger charge is -2.33. The molecule has 35 heavy (non-hydrogen) atoms. The minimum absolute atomic E-state index is 0.0921. The lowest BCUT2D eigenvalue weighted by atomic mass is 9.73. The maximum absolute atomic E-state index is 13.0. The van der Waals surface area contributed by atoms with Crippen LogP contribution in [0.25, 0.3) is 0 Å². The van der Waals surface area contributed by atoms with Gasteiger partial charge in [0, 0.05) is 5.41 Å². The number of benzene rings is 1. The number of hydrogen-bond donors (Lipinski definition) is 4. The number of hydrazone groups is 1. The van der Waals surface area contributed by atoms with Gasteiger partial charge in [-0.2, -0.15) is 18.4 Å². The number of carbonyl (C=O) groups is 1. The van der Waals surface area contributed by atoms with E-state index < -0.39 is 35.1 Å². The number of halogens is 3. The number of hydrogen-bond acceptors (Lipinski definition) is 5. The van der Waals surface area contributed by atoms with Gasteiger partial charge in [0.25, 0.3) is 5.91 Å². The summed E-state index contributed by atoms with van der Waals surface area (Å²) in [4.78, 5) is 16.3. The zero-order valence-corrected chi connectivity index (χ0v) is 19.7. The van der Waals surface area contributed by atoms with Gasteiger partial charge >= 0.3 is 6.18 Å². The molecule has 1 aromatic carbocycles. The first-order chi connectivity index (χ1) is 16.1. The van der Waals surface area contributed by atoms with E-state index >= 15 is 0 Å². The molecule has 1 aliphatic heterocycles. The van der Waals surface area contributed by atoms with E-state index in [0.717, 1.165) is 0 Å². The van der Waals surface area contributed by atoms with E-state index in [1.54, 1.807) is 13.1 Å². The molecule has 1 aliphatic carbocycles. The smallest absolute Gasteiger partial charge is 0.390 e. The van der Waals surface area contributed by atoms with Crippen LogP contribution in [0.4, 0.5) is 18.9 Å². The Bertz CT molecular complexity index is 1110. The molecule has 0 saturated heterocycles. The average molecular weight is 493 g/mol. The number of alkyl halides is 3. The normalized spacial score (nSPS) is 28.4. The molecular weight excluding hydrogens is 463 g/mol. The fraction of sp³-hybridized carbons (Fsp3) is 0.500. The molecule has 1 fully saturated rings. The molecule has 1 heterocycles. The van der Waals surface area contributed by atoms with Crippen LogP contribution >= 0.6 is 0 Å². The Balaban J connectivity index is 1.84. The number of amides is 1. The van der Waals surface area contributed by atoms with Crippen molar-refractivity contribution >= 4 is 23.6 Å². The maximum atomic E-state index is 13.0. The van der Waals surface area contributed by atoms with Gasteiger partial charge < -0.3 is 15.9 Å². The van der Waals surface area contributed by atoms with Crippen LogP contribution < -0.4 is 11.2 Å². The van der Waals surface area contributed by atoms with Crippen LogP contribution in [0.5, 0.6) is 0 Å². The van der Waals surface area contributed by atoms with Gasteiger partial charge in [-0.05, 0) is 43.9 Å². The first-order valence-corrected chi connectivity index (χ1v) is 11.1. The number of nitrogens with one attached hydrogen (secondary N) is 1. The molecule has 1 saturated carbocycles. The third-order valence-electron chi connectivity index (χ3n) is 6.58. The first kappa shape index (κ1) is 26.4. The van der Waals surface area contributed by atoms with Gasteiger partial charge in [0.2, 0.25) is 12.0 Å². The van der Waals surface area contributed by atoms with Crippen LogP contribution in [-0.2, 0) is 10.2 Å². The highest BCUT2D eigenvalue weighted by Crippen LogP contribution is 2.37. The Morgan fingerprint density at radius 2 is 2.00 bits per heavy atom. The third kappa shape index (κ3) is 5.89. The Morgan fingerprint density at radius 1 is 1.37 bits per heavy atom. The number of carbonyl (C=O) groups excluding carboxylic acids is 1. The summed E-state index contributed by atoms with van der Waals surface area (Å²) < 4.78 is 40.6. The Morgan fingerprint density at radius 3 is 2.54 bits per heavy atom. The van der Waals surface area contributed by atoms with Gasteiger partial charge in [-0.15, -0.1) is 5.43 Å². The SMILES string of the molecule is CC1(O)CCC(C=[N+]2C=C(C(N)=O)C(=Nc3ccc(C(C)(C)C(O)C(F)(F)F)cc3)N2)C(C#N)C1. The monoisotopic (exact) mass is 492 g/mol. The van der Waals surface area contributed by atoms with Crippen LogP contribution in [0.3, 0.4) is 0 Å². The topological polar surface area (TPSA) is 135 Å². The zero-order valence-electron chi connectivity index (χ0n) is 19.7. The highest BCUT2D eigenvalue weighted by molar-refractivity contribution is 6.21. The Kier molecular flexibility index (Phi) is 7.11. The van der Waals surface area contributed by atoms with Gasteiger partial charge in [0.15, 0.2) is 17.9 Å².